The molecule has 0 bridgehead atoms. The quantitative estimate of drug-likeness (QED) is 0.504. The van der Waals surface area contributed by atoms with Crippen LogP contribution in [0.3, 0.4) is 0 Å². The Hall–Kier alpha value is -1.95. The number of benzene rings is 1. The number of nitrogens with zero attached hydrogens (tertiary/aromatic N) is 5. The van der Waals surface area contributed by atoms with Crippen LogP contribution in [0.4, 0.5) is 5.69 Å². The summed E-state index contributed by atoms with van der Waals surface area (Å²) in [7, 11) is 0. The molecule has 2 aromatic rings. The van der Waals surface area contributed by atoms with E-state index in [1.807, 2.05) is 25.1 Å². The van der Waals surface area contributed by atoms with Crippen molar-refractivity contribution in [3.8, 4) is 5.69 Å². The van der Waals surface area contributed by atoms with Gasteiger partial charge in [0, 0.05) is 0 Å². The molecule has 0 radical (unpaired) electrons. The van der Waals surface area contributed by atoms with Crippen molar-refractivity contribution in [3.05, 3.63) is 30.1 Å². The third kappa shape index (κ3) is 2.59. The molecule has 1 aromatic carbocycles. The lowest BCUT2D eigenvalue weighted by atomic mass is 10.2. The van der Waals surface area contributed by atoms with Crippen LogP contribution in [0, 0.1) is 6.92 Å². The fraction of sp³-hybridized carbons (Fsp3) is 0.200. The molecule has 0 unspecified atom stereocenters. The van der Waals surface area contributed by atoms with Crippen LogP contribution in [0.25, 0.3) is 5.69 Å². The second-order valence-electron chi connectivity index (χ2n) is 3.48. The molecule has 0 aliphatic rings. The summed E-state index contributed by atoms with van der Waals surface area (Å²) >= 11 is 5.62. The first-order chi connectivity index (χ1) is 8.20. The highest BCUT2D eigenvalue weighted by atomic mass is 35.5. The van der Waals surface area contributed by atoms with Gasteiger partial charge in [-0.3, -0.25) is 0 Å². The molecule has 0 aliphatic heterocycles. The normalized spacial score (nSPS) is 11.8. The van der Waals surface area contributed by atoms with Crippen molar-refractivity contribution < 1.29 is 0 Å². The van der Waals surface area contributed by atoms with E-state index in [1.54, 1.807) is 0 Å². The number of tetrazole rings is 1. The maximum atomic E-state index is 5.63. The molecule has 0 aliphatic carbocycles. The van der Waals surface area contributed by atoms with Crippen molar-refractivity contribution >= 4 is 23.1 Å². The van der Waals surface area contributed by atoms with Gasteiger partial charge in [-0.25, -0.2) is 4.99 Å². The van der Waals surface area contributed by atoms with Crippen LogP contribution in [0.5, 0.6) is 0 Å². The SMILES string of the molecule is Cc1ccc(-n2cnnn2)c(N=C(N)CCl)c1. The zero-order valence-corrected chi connectivity index (χ0v) is 9.96. The lowest BCUT2D eigenvalue weighted by molar-refractivity contribution is 0.789. The molecule has 17 heavy (non-hydrogen) atoms. The van der Waals surface area contributed by atoms with Gasteiger partial charge in [0.15, 0.2) is 0 Å². The molecule has 0 atom stereocenters. The van der Waals surface area contributed by atoms with Crippen LogP contribution >= 0.6 is 11.6 Å². The minimum absolute atomic E-state index is 0.184. The number of alkyl halides is 1. The number of amidine groups is 1. The summed E-state index contributed by atoms with van der Waals surface area (Å²) in [6.45, 7) is 1.97. The molecule has 2 rings (SSSR count). The predicted molar refractivity (Wildman–Crippen MR) is 65.9 cm³/mol. The Morgan fingerprint density at radius 2 is 2.35 bits per heavy atom. The predicted octanol–water partition coefficient (Wildman–Crippen LogP) is 1.20. The maximum Gasteiger partial charge on any atom is 0.143 e. The Bertz CT molecular complexity index is 534. The topological polar surface area (TPSA) is 82.0 Å². The standard InChI is InChI=1S/C10H11ClN6/c1-7-2-3-9(17-6-13-15-16-17)8(4-7)14-10(12)5-11/h2-4,6H,5H2,1H3,(H2,12,14). The number of nitrogens with two attached hydrogens (primary N) is 1. The molecule has 1 aromatic heterocycles. The molecule has 0 spiro atoms. The molecule has 7 heteroatoms. The second-order valence-corrected chi connectivity index (χ2v) is 3.75. The van der Waals surface area contributed by atoms with E-state index in [1.165, 1.54) is 11.0 Å². The van der Waals surface area contributed by atoms with E-state index in [0.717, 1.165) is 11.3 Å². The first-order valence-corrected chi connectivity index (χ1v) is 5.47. The number of aliphatic imine (C=N–C) groups is 1. The highest BCUT2D eigenvalue weighted by Gasteiger charge is 2.06. The van der Waals surface area contributed by atoms with E-state index in [-0.39, 0.29) is 5.88 Å². The fourth-order valence-electron chi connectivity index (χ4n) is 1.37. The minimum Gasteiger partial charge on any atom is -0.386 e. The Balaban J connectivity index is 2.52. The summed E-state index contributed by atoms with van der Waals surface area (Å²) in [5, 5.41) is 11.0. The minimum atomic E-state index is 0.184. The third-order valence-electron chi connectivity index (χ3n) is 2.13. The summed E-state index contributed by atoms with van der Waals surface area (Å²) in [4.78, 5) is 4.24. The third-order valence-corrected chi connectivity index (χ3v) is 2.40. The number of halogens is 1. The van der Waals surface area contributed by atoms with Gasteiger partial charge in [-0.2, -0.15) is 4.68 Å². The monoisotopic (exact) mass is 250 g/mol. The number of rotatable bonds is 3. The van der Waals surface area contributed by atoms with Crippen molar-refractivity contribution in [2.24, 2.45) is 10.7 Å². The largest absolute Gasteiger partial charge is 0.386 e. The summed E-state index contributed by atoms with van der Waals surface area (Å²) < 4.78 is 1.53. The van der Waals surface area contributed by atoms with Gasteiger partial charge in [0.05, 0.1) is 17.3 Å². The smallest absolute Gasteiger partial charge is 0.143 e. The van der Waals surface area contributed by atoms with E-state index < -0.39 is 0 Å². The Morgan fingerprint density at radius 3 is 3.00 bits per heavy atom. The van der Waals surface area contributed by atoms with Gasteiger partial charge in [0.1, 0.15) is 12.2 Å². The Kier molecular flexibility index (Phi) is 3.34. The first-order valence-electron chi connectivity index (χ1n) is 4.93. The highest BCUT2D eigenvalue weighted by Crippen LogP contribution is 2.23. The summed E-state index contributed by atoms with van der Waals surface area (Å²) in [6.07, 6.45) is 1.50. The van der Waals surface area contributed by atoms with Crippen LogP contribution in [-0.2, 0) is 0 Å². The van der Waals surface area contributed by atoms with Crippen LogP contribution in [0.2, 0.25) is 0 Å². The lowest BCUT2D eigenvalue weighted by Gasteiger charge is -2.06. The lowest BCUT2D eigenvalue weighted by Crippen LogP contribution is -2.12. The van der Waals surface area contributed by atoms with Crippen LogP contribution in [0.1, 0.15) is 5.56 Å². The number of hydrogen-bond donors (Lipinski definition) is 1. The van der Waals surface area contributed by atoms with Crippen molar-refractivity contribution in [2.75, 3.05) is 5.88 Å². The van der Waals surface area contributed by atoms with E-state index in [9.17, 15) is 0 Å². The molecule has 0 fully saturated rings. The number of aryl methyl sites for hydroxylation is 1. The average Bonchev–Trinajstić information content (AvgIpc) is 2.82. The van der Waals surface area contributed by atoms with E-state index in [0.29, 0.717) is 11.5 Å². The second kappa shape index (κ2) is 4.92. The molecule has 0 saturated carbocycles. The van der Waals surface area contributed by atoms with Gasteiger partial charge in [-0.1, -0.05) is 6.07 Å². The van der Waals surface area contributed by atoms with Crippen molar-refractivity contribution in [2.45, 2.75) is 6.92 Å². The Labute approximate surface area is 103 Å². The van der Waals surface area contributed by atoms with Gasteiger partial charge in [0.25, 0.3) is 0 Å². The van der Waals surface area contributed by atoms with Gasteiger partial charge < -0.3 is 5.73 Å². The summed E-state index contributed by atoms with van der Waals surface area (Å²) in [5.41, 5.74) is 8.15. The van der Waals surface area contributed by atoms with E-state index in [2.05, 4.69) is 20.5 Å². The molecule has 0 amide bonds. The van der Waals surface area contributed by atoms with Crippen LogP contribution in [0.15, 0.2) is 29.5 Å². The van der Waals surface area contributed by atoms with Crippen molar-refractivity contribution in [3.63, 3.8) is 0 Å². The molecule has 0 saturated heterocycles. The highest BCUT2D eigenvalue weighted by molar-refractivity contribution is 6.28. The summed E-state index contributed by atoms with van der Waals surface area (Å²) in [5.74, 6) is 0.537. The van der Waals surface area contributed by atoms with Crippen molar-refractivity contribution in [1.29, 1.82) is 0 Å². The molecule has 1 heterocycles. The molecule has 88 valence electrons. The van der Waals surface area contributed by atoms with Crippen molar-refractivity contribution in [1.82, 2.24) is 20.2 Å². The van der Waals surface area contributed by atoms with Gasteiger partial charge in [-0.05, 0) is 35.0 Å². The summed E-state index contributed by atoms with van der Waals surface area (Å²) in [6, 6.07) is 5.73. The Morgan fingerprint density at radius 1 is 1.53 bits per heavy atom. The first kappa shape index (κ1) is 11.5. The average molecular weight is 251 g/mol. The molecular formula is C10H11ClN6. The van der Waals surface area contributed by atoms with Crippen LogP contribution < -0.4 is 5.73 Å². The zero-order valence-electron chi connectivity index (χ0n) is 9.21. The number of hydrogen-bond acceptors (Lipinski definition) is 4. The van der Waals surface area contributed by atoms with Gasteiger partial charge in [-0.15, -0.1) is 16.7 Å². The van der Waals surface area contributed by atoms with Crippen LogP contribution in [-0.4, -0.2) is 31.9 Å². The van der Waals surface area contributed by atoms with E-state index >= 15 is 0 Å². The molecular weight excluding hydrogens is 240 g/mol. The molecule has 6 nitrogen and oxygen atoms in total. The van der Waals surface area contributed by atoms with E-state index in [4.69, 9.17) is 17.3 Å². The number of aromatic nitrogens is 4. The maximum absolute atomic E-state index is 5.63. The zero-order chi connectivity index (χ0) is 12.3. The fourth-order valence-corrected chi connectivity index (χ4v) is 1.43. The van der Waals surface area contributed by atoms with Gasteiger partial charge >= 0.3 is 0 Å². The van der Waals surface area contributed by atoms with Gasteiger partial charge in [0.2, 0.25) is 0 Å². The molecule has 2 N–H and O–H groups in total.